The lowest BCUT2D eigenvalue weighted by Crippen LogP contribution is -2.09. The van der Waals surface area contributed by atoms with Gasteiger partial charge in [0, 0.05) is 40.5 Å². The maximum Gasteiger partial charge on any atom is 0.334 e. The molecule has 0 bridgehead atoms. The summed E-state index contributed by atoms with van der Waals surface area (Å²) in [4.78, 5) is 45.7. The summed E-state index contributed by atoms with van der Waals surface area (Å²) in [6.07, 6.45) is 10.4. The first-order chi connectivity index (χ1) is 35.7. The minimum atomic E-state index is -0.346. The Bertz CT molecular complexity index is 2750. The van der Waals surface area contributed by atoms with Crippen molar-refractivity contribution < 1.29 is 38.1 Å². The summed E-state index contributed by atoms with van der Waals surface area (Å²) >= 11 is 0. The first-order valence-corrected chi connectivity index (χ1v) is 24.4. The number of hydrogen-bond acceptors (Lipinski definition) is 8. The van der Waals surface area contributed by atoms with E-state index < -0.39 is 0 Å². The lowest BCUT2D eigenvalue weighted by molar-refractivity contribution is -0.137. The largest absolute Gasteiger partial charge is 0.466 e. The van der Waals surface area contributed by atoms with Gasteiger partial charge in [-0.1, -0.05) is 220 Å². The maximum atomic E-state index is 12.1. The van der Waals surface area contributed by atoms with Crippen LogP contribution in [0.1, 0.15) is 93.2 Å². The molecule has 0 aliphatic heterocycles. The van der Waals surface area contributed by atoms with Gasteiger partial charge in [0.1, 0.15) is 0 Å². The first-order valence-electron chi connectivity index (χ1n) is 24.4. The molecule has 8 nitrogen and oxygen atoms in total. The molecule has 0 radical (unpaired) electrons. The van der Waals surface area contributed by atoms with Gasteiger partial charge in [0.05, 0.1) is 28.4 Å². The van der Waals surface area contributed by atoms with Crippen LogP contribution in [0, 0.1) is 0 Å². The second-order valence-corrected chi connectivity index (χ2v) is 17.1. The average molecular weight is 993 g/mol. The fourth-order valence-corrected chi connectivity index (χ4v) is 7.34. The zero-order chi connectivity index (χ0) is 54.3. The molecule has 8 heteroatoms. The van der Waals surface area contributed by atoms with Crippen molar-refractivity contribution in [1.29, 1.82) is 0 Å². The number of carbonyl (C=O) groups is 4. The molecule has 2 unspecified atom stereocenters. The number of ether oxygens (including phenoxy) is 4. The number of hydrogen-bond donors (Lipinski definition) is 0. The molecule has 0 saturated carbocycles. The van der Waals surface area contributed by atoms with Crippen LogP contribution in [0.3, 0.4) is 0 Å². The third kappa shape index (κ3) is 20.0. The molecular weight excluding hydrogens is 921 g/mol. The molecule has 1 aliphatic carbocycles. The first kappa shape index (κ1) is 59.9. The molecule has 384 valence electrons. The molecule has 2 atom stereocenters. The van der Waals surface area contributed by atoms with Gasteiger partial charge in [-0.2, -0.15) is 0 Å². The van der Waals surface area contributed by atoms with Crippen LogP contribution in [0.4, 0.5) is 0 Å². The molecule has 0 spiro atoms. The molecule has 0 fully saturated rings. The van der Waals surface area contributed by atoms with Crippen LogP contribution in [-0.4, -0.2) is 52.3 Å². The predicted octanol–water partition coefficient (Wildman–Crippen LogP) is 15.0. The molecule has 7 rings (SSSR count). The molecular formula is C66H72O8. The third-order valence-electron chi connectivity index (χ3n) is 12.3. The van der Waals surface area contributed by atoms with Crippen molar-refractivity contribution >= 4 is 40.6 Å². The van der Waals surface area contributed by atoms with Crippen LogP contribution in [-0.2, 0) is 44.5 Å². The van der Waals surface area contributed by atoms with E-state index in [0.717, 1.165) is 51.0 Å². The molecule has 0 N–H and O–H groups in total. The van der Waals surface area contributed by atoms with E-state index in [1.54, 1.807) is 13.8 Å². The number of benzene rings is 6. The van der Waals surface area contributed by atoms with E-state index >= 15 is 0 Å². The van der Waals surface area contributed by atoms with Crippen LogP contribution in [0.2, 0.25) is 0 Å². The Hall–Kier alpha value is -8.36. The Balaban J connectivity index is 0.000000247. The molecule has 0 aromatic heterocycles. The van der Waals surface area contributed by atoms with Gasteiger partial charge < -0.3 is 18.9 Å². The Morgan fingerprint density at radius 3 is 1.22 bits per heavy atom. The summed E-state index contributed by atoms with van der Waals surface area (Å²) < 4.78 is 18.9. The summed E-state index contributed by atoms with van der Waals surface area (Å²) in [6, 6.07) is 59.8. The highest BCUT2D eigenvalue weighted by Crippen LogP contribution is 2.26. The smallest absolute Gasteiger partial charge is 0.334 e. The predicted molar refractivity (Wildman–Crippen MR) is 303 cm³/mol. The average Bonchev–Trinajstić information content (AvgIpc) is 3.48. The van der Waals surface area contributed by atoms with Crippen molar-refractivity contribution in [3.63, 3.8) is 0 Å². The highest BCUT2D eigenvalue weighted by atomic mass is 16.5. The molecule has 0 amide bonds. The van der Waals surface area contributed by atoms with E-state index in [1.165, 1.54) is 34.0 Å². The van der Waals surface area contributed by atoms with Gasteiger partial charge in [-0.05, 0) is 91.1 Å². The van der Waals surface area contributed by atoms with Crippen molar-refractivity contribution in [1.82, 2.24) is 0 Å². The maximum absolute atomic E-state index is 12.1. The quantitative estimate of drug-likeness (QED) is 0.0678. The summed E-state index contributed by atoms with van der Waals surface area (Å²) in [5.74, 6) is -0.561. The molecule has 0 heterocycles. The van der Waals surface area contributed by atoms with E-state index in [2.05, 4.69) is 75.4 Å². The number of methoxy groups -OCH3 is 4. The standard InChI is InChI=1S/C18H18O2.3C12H14O2.C12H12/c1-14(16-11-7-4-8-12-16)17(18(19)20-2)13-15-9-5-3-6-10-15;3*1-9(10(2)12(13)14-3)11-7-5-4-6-8-11;1-3-7-11(8-4-1)12-9-5-2-6-10-12/h3-12H,13H2,1-2H3;2*4-8H,1-3H3;4-9H,2H2,1,3H3;1-9,12H,10H2/b17-14-;10-9+;10-9-;;. The van der Waals surface area contributed by atoms with Gasteiger partial charge in [-0.25, -0.2) is 19.2 Å². The van der Waals surface area contributed by atoms with Crippen LogP contribution >= 0.6 is 0 Å². The van der Waals surface area contributed by atoms with Crippen LogP contribution < -0.4 is 0 Å². The lowest BCUT2D eigenvalue weighted by atomic mass is 9.93. The summed E-state index contributed by atoms with van der Waals surface area (Å²) in [7, 11) is 5.57. The molecule has 74 heavy (non-hydrogen) atoms. The molecule has 6 aromatic rings. The van der Waals surface area contributed by atoms with Gasteiger partial charge in [0.15, 0.2) is 0 Å². The van der Waals surface area contributed by atoms with E-state index in [4.69, 9.17) is 4.74 Å². The van der Waals surface area contributed by atoms with Crippen LogP contribution in [0.5, 0.6) is 0 Å². The normalized spacial score (nSPS) is 13.4. The second-order valence-electron chi connectivity index (χ2n) is 17.1. The van der Waals surface area contributed by atoms with E-state index in [9.17, 15) is 19.2 Å². The highest BCUT2D eigenvalue weighted by molar-refractivity contribution is 5.98. The zero-order valence-electron chi connectivity index (χ0n) is 44.7. The number of rotatable bonds is 12. The molecule has 0 saturated heterocycles. The van der Waals surface area contributed by atoms with Gasteiger partial charge in [0.2, 0.25) is 0 Å². The number of esters is 4. The minimum absolute atomic E-state index is 0.00338. The van der Waals surface area contributed by atoms with Crippen LogP contribution in [0.15, 0.2) is 235 Å². The van der Waals surface area contributed by atoms with Gasteiger partial charge in [0.25, 0.3) is 0 Å². The van der Waals surface area contributed by atoms with E-state index in [1.807, 2.05) is 179 Å². The summed E-state index contributed by atoms with van der Waals surface area (Å²) in [6.45, 7) is 15.0. The van der Waals surface area contributed by atoms with Gasteiger partial charge >= 0.3 is 23.9 Å². The molecule has 1 aliphatic rings. The zero-order valence-corrected chi connectivity index (χ0v) is 44.7. The van der Waals surface area contributed by atoms with E-state index in [-0.39, 0.29) is 29.8 Å². The monoisotopic (exact) mass is 993 g/mol. The highest BCUT2D eigenvalue weighted by Gasteiger charge is 2.17. The summed E-state index contributed by atoms with van der Waals surface area (Å²) in [5, 5.41) is 0. The summed E-state index contributed by atoms with van der Waals surface area (Å²) in [5.41, 5.74) is 12.1. The van der Waals surface area contributed by atoms with Crippen molar-refractivity contribution in [2.45, 2.75) is 66.2 Å². The van der Waals surface area contributed by atoms with Gasteiger partial charge in [-0.15, -0.1) is 0 Å². The Labute approximate surface area is 440 Å². The molecule has 6 aromatic carbocycles. The minimum Gasteiger partial charge on any atom is -0.466 e. The Morgan fingerprint density at radius 1 is 0.473 bits per heavy atom. The third-order valence-corrected chi connectivity index (χ3v) is 12.3. The Morgan fingerprint density at radius 2 is 0.838 bits per heavy atom. The van der Waals surface area contributed by atoms with E-state index in [0.29, 0.717) is 34.6 Å². The fraction of sp³-hybridized carbons (Fsp3) is 0.212. The topological polar surface area (TPSA) is 105 Å². The number of carbonyl (C=O) groups excluding carboxylic acids is 4. The van der Waals surface area contributed by atoms with Crippen molar-refractivity contribution in [2.24, 2.45) is 0 Å². The second kappa shape index (κ2) is 33.3. The fourth-order valence-electron chi connectivity index (χ4n) is 7.34. The van der Waals surface area contributed by atoms with Crippen molar-refractivity contribution in [3.8, 4) is 0 Å². The van der Waals surface area contributed by atoms with Gasteiger partial charge in [-0.3, -0.25) is 0 Å². The van der Waals surface area contributed by atoms with Crippen molar-refractivity contribution in [3.05, 3.63) is 269 Å². The van der Waals surface area contributed by atoms with Crippen molar-refractivity contribution in [2.75, 3.05) is 28.4 Å². The SMILES string of the molecule is C1=CCC(c2ccccc2)C=C1.C=C(C(=O)OC)C(C)c1ccccc1.COC(=O)/C(C)=C(/C)c1ccccc1.COC(=O)/C(C)=C(\C)c1ccccc1.COC(=O)/C(Cc1ccccc1)=C(/C)c1ccccc1. The van der Waals surface area contributed by atoms with Crippen LogP contribution in [0.25, 0.3) is 16.7 Å². The number of allylic oxidation sites excluding steroid dienone is 7. The lowest BCUT2D eigenvalue weighted by Gasteiger charge is -2.12. The Kier molecular flexibility index (Phi) is 27.0.